The highest BCUT2D eigenvalue weighted by Gasteiger charge is 2.07. The standard InChI is InChI=1S/C19H26N6S/c1-13-18(26-15(3)23-13)12-22-19(20-4)21-10-7-11-25-14(2)24-16-8-5-6-9-17(16)25/h5-6,8-9H,7,10-12H2,1-4H3,(H2,20,21,22). The molecule has 0 aliphatic heterocycles. The third kappa shape index (κ3) is 4.22. The Balaban J connectivity index is 1.48. The van der Waals surface area contributed by atoms with Gasteiger partial charge in [0, 0.05) is 25.0 Å². The summed E-state index contributed by atoms with van der Waals surface area (Å²) in [5.74, 6) is 1.88. The number of nitrogens with one attached hydrogen (secondary N) is 2. The minimum Gasteiger partial charge on any atom is -0.356 e. The fraction of sp³-hybridized carbons (Fsp3) is 0.421. The van der Waals surface area contributed by atoms with E-state index in [1.807, 2.05) is 13.0 Å². The lowest BCUT2D eigenvalue weighted by molar-refractivity contribution is 0.624. The Morgan fingerprint density at radius 3 is 2.69 bits per heavy atom. The van der Waals surface area contributed by atoms with Gasteiger partial charge in [0.15, 0.2) is 5.96 Å². The molecule has 1 aromatic carbocycles. The molecule has 7 heteroatoms. The Kier molecular flexibility index (Phi) is 5.88. The topological polar surface area (TPSA) is 67.1 Å². The highest BCUT2D eigenvalue weighted by Crippen LogP contribution is 2.17. The van der Waals surface area contributed by atoms with Gasteiger partial charge < -0.3 is 15.2 Å². The lowest BCUT2D eigenvalue weighted by Gasteiger charge is -2.12. The Morgan fingerprint density at radius 2 is 1.96 bits per heavy atom. The van der Waals surface area contributed by atoms with Crippen LogP contribution in [0.5, 0.6) is 0 Å². The highest BCUT2D eigenvalue weighted by atomic mass is 32.1. The number of aliphatic imine (C=N–C) groups is 1. The number of guanidine groups is 1. The third-order valence-electron chi connectivity index (χ3n) is 4.34. The maximum atomic E-state index is 4.62. The number of aromatic nitrogens is 3. The number of rotatable bonds is 6. The summed E-state index contributed by atoms with van der Waals surface area (Å²) in [4.78, 5) is 14.6. The molecule has 3 rings (SSSR count). The minimum absolute atomic E-state index is 0.752. The SMILES string of the molecule is CN=C(NCCCn1c(C)nc2ccccc21)NCc1sc(C)nc1C. The zero-order chi connectivity index (χ0) is 18.5. The van der Waals surface area contributed by atoms with Crippen molar-refractivity contribution in [3.63, 3.8) is 0 Å². The van der Waals surface area contributed by atoms with Gasteiger partial charge in [-0.25, -0.2) is 9.97 Å². The first-order chi connectivity index (χ1) is 12.6. The maximum Gasteiger partial charge on any atom is 0.191 e. The predicted octanol–water partition coefficient (Wildman–Crippen LogP) is 3.17. The second kappa shape index (κ2) is 8.31. The summed E-state index contributed by atoms with van der Waals surface area (Å²) >= 11 is 1.73. The van der Waals surface area contributed by atoms with Crippen LogP contribution in [0.15, 0.2) is 29.3 Å². The molecule has 0 unspecified atom stereocenters. The minimum atomic E-state index is 0.752. The van der Waals surface area contributed by atoms with E-state index in [1.54, 1.807) is 18.4 Å². The van der Waals surface area contributed by atoms with Gasteiger partial charge in [0.05, 0.1) is 28.3 Å². The molecule has 0 fully saturated rings. The summed E-state index contributed by atoms with van der Waals surface area (Å²) in [5.41, 5.74) is 3.35. The number of hydrogen-bond acceptors (Lipinski definition) is 4. The van der Waals surface area contributed by atoms with Crippen LogP contribution in [0.25, 0.3) is 11.0 Å². The van der Waals surface area contributed by atoms with Crippen molar-refractivity contribution in [2.75, 3.05) is 13.6 Å². The smallest absolute Gasteiger partial charge is 0.191 e. The van der Waals surface area contributed by atoms with Crippen molar-refractivity contribution in [1.29, 1.82) is 0 Å². The summed E-state index contributed by atoms with van der Waals surface area (Å²) in [7, 11) is 1.80. The highest BCUT2D eigenvalue weighted by molar-refractivity contribution is 7.11. The van der Waals surface area contributed by atoms with Crippen LogP contribution in [0.1, 0.15) is 27.8 Å². The van der Waals surface area contributed by atoms with Gasteiger partial charge in [-0.3, -0.25) is 4.99 Å². The molecule has 0 bridgehead atoms. The lowest BCUT2D eigenvalue weighted by Crippen LogP contribution is -2.37. The zero-order valence-electron chi connectivity index (χ0n) is 15.8. The number of fused-ring (bicyclic) bond motifs is 1. The normalized spacial score (nSPS) is 11.9. The van der Waals surface area contributed by atoms with Gasteiger partial charge in [0.2, 0.25) is 0 Å². The van der Waals surface area contributed by atoms with Crippen molar-refractivity contribution in [1.82, 2.24) is 25.2 Å². The summed E-state index contributed by atoms with van der Waals surface area (Å²) in [6.45, 7) is 8.69. The molecule has 26 heavy (non-hydrogen) atoms. The number of aryl methyl sites for hydroxylation is 4. The first-order valence-corrected chi connectivity index (χ1v) is 9.69. The Morgan fingerprint density at radius 1 is 1.15 bits per heavy atom. The van der Waals surface area contributed by atoms with Crippen LogP contribution in [0.3, 0.4) is 0 Å². The summed E-state index contributed by atoms with van der Waals surface area (Å²) < 4.78 is 2.27. The third-order valence-corrected chi connectivity index (χ3v) is 5.41. The van der Waals surface area contributed by atoms with Crippen LogP contribution < -0.4 is 10.6 Å². The van der Waals surface area contributed by atoms with E-state index in [0.717, 1.165) is 54.1 Å². The molecule has 0 aliphatic rings. The van der Waals surface area contributed by atoms with E-state index in [0.29, 0.717) is 0 Å². The number of hydrogen-bond donors (Lipinski definition) is 2. The molecule has 0 radical (unpaired) electrons. The van der Waals surface area contributed by atoms with Crippen molar-refractivity contribution >= 4 is 28.3 Å². The Labute approximate surface area is 158 Å². The van der Waals surface area contributed by atoms with Crippen LogP contribution in [0.4, 0.5) is 0 Å². The predicted molar refractivity (Wildman–Crippen MR) is 109 cm³/mol. The summed E-state index contributed by atoms with van der Waals surface area (Å²) in [5, 5.41) is 7.85. The first-order valence-electron chi connectivity index (χ1n) is 8.87. The maximum absolute atomic E-state index is 4.62. The first kappa shape index (κ1) is 18.4. The zero-order valence-corrected chi connectivity index (χ0v) is 16.7. The average molecular weight is 371 g/mol. The molecule has 0 amide bonds. The van der Waals surface area contributed by atoms with Gasteiger partial charge in [-0.1, -0.05) is 12.1 Å². The van der Waals surface area contributed by atoms with Gasteiger partial charge in [-0.15, -0.1) is 11.3 Å². The van der Waals surface area contributed by atoms with Crippen molar-refractivity contribution in [2.45, 2.75) is 40.3 Å². The quantitative estimate of drug-likeness (QED) is 0.397. The van der Waals surface area contributed by atoms with Crippen molar-refractivity contribution in [3.05, 3.63) is 45.7 Å². The average Bonchev–Trinajstić information content (AvgIpc) is 3.12. The van der Waals surface area contributed by atoms with E-state index >= 15 is 0 Å². The fourth-order valence-electron chi connectivity index (χ4n) is 3.04. The van der Waals surface area contributed by atoms with Gasteiger partial charge in [0.25, 0.3) is 0 Å². The van der Waals surface area contributed by atoms with Gasteiger partial charge >= 0.3 is 0 Å². The van der Waals surface area contributed by atoms with Crippen LogP contribution >= 0.6 is 11.3 Å². The Hall–Kier alpha value is -2.41. The molecule has 0 spiro atoms. The van der Waals surface area contributed by atoms with Crippen molar-refractivity contribution < 1.29 is 0 Å². The van der Waals surface area contributed by atoms with Crippen LogP contribution in [0, 0.1) is 20.8 Å². The fourth-order valence-corrected chi connectivity index (χ4v) is 3.92. The summed E-state index contributed by atoms with van der Waals surface area (Å²) in [6, 6.07) is 8.28. The molecule has 0 saturated heterocycles. The second-order valence-electron chi connectivity index (χ2n) is 6.25. The van der Waals surface area contributed by atoms with E-state index in [1.165, 1.54) is 10.4 Å². The monoisotopic (exact) mass is 370 g/mol. The number of nitrogens with zero attached hydrogens (tertiary/aromatic N) is 4. The van der Waals surface area contributed by atoms with Crippen molar-refractivity contribution in [3.8, 4) is 0 Å². The number of imidazole rings is 1. The lowest BCUT2D eigenvalue weighted by atomic mass is 10.3. The van der Waals surface area contributed by atoms with E-state index in [2.05, 4.69) is 62.2 Å². The molecular weight excluding hydrogens is 344 g/mol. The molecule has 3 aromatic rings. The molecule has 0 saturated carbocycles. The van der Waals surface area contributed by atoms with E-state index < -0.39 is 0 Å². The van der Waals surface area contributed by atoms with Gasteiger partial charge in [0.1, 0.15) is 5.82 Å². The number of benzene rings is 1. The van der Waals surface area contributed by atoms with Crippen molar-refractivity contribution in [2.24, 2.45) is 4.99 Å². The number of thiazole rings is 1. The molecule has 0 aliphatic carbocycles. The van der Waals surface area contributed by atoms with Gasteiger partial charge in [-0.05, 0) is 39.3 Å². The van der Waals surface area contributed by atoms with Crippen LogP contribution in [-0.4, -0.2) is 34.1 Å². The molecule has 0 atom stereocenters. The van der Waals surface area contributed by atoms with Gasteiger partial charge in [-0.2, -0.15) is 0 Å². The molecular formula is C19H26N6S. The second-order valence-corrected chi connectivity index (χ2v) is 7.53. The molecule has 6 nitrogen and oxygen atoms in total. The van der Waals surface area contributed by atoms with Crippen LogP contribution in [0.2, 0.25) is 0 Å². The van der Waals surface area contributed by atoms with E-state index in [4.69, 9.17) is 0 Å². The van der Waals surface area contributed by atoms with E-state index in [9.17, 15) is 0 Å². The number of para-hydroxylation sites is 2. The largest absolute Gasteiger partial charge is 0.356 e. The Bertz CT molecular complexity index is 908. The molecule has 2 aromatic heterocycles. The molecule has 138 valence electrons. The molecule has 2 heterocycles. The van der Waals surface area contributed by atoms with E-state index in [-0.39, 0.29) is 0 Å². The molecule has 2 N–H and O–H groups in total. The summed E-state index contributed by atoms with van der Waals surface area (Å²) in [6.07, 6.45) is 1.00. The van der Waals surface area contributed by atoms with Crippen LogP contribution in [-0.2, 0) is 13.1 Å².